The second-order valence-corrected chi connectivity index (χ2v) is 4.14. The van der Waals surface area contributed by atoms with Gasteiger partial charge in [-0.25, -0.2) is 8.78 Å². The summed E-state index contributed by atoms with van der Waals surface area (Å²) in [6.45, 7) is 0. The van der Waals surface area contributed by atoms with Crippen molar-refractivity contribution in [2.45, 2.75) is 25.7 Å². The number of hydrogen-bond acceptors (Lipinski definition) is 2. The van der Waals surface area contributed by atoms with Gasteiger partial charge < -0.3 is 4.74 Å². The SMILES string of the molecule is COC(=O)C12CC(C1)C(C(F)F)C2. The number of carbonyl (C=O) groups excluding carboxylic acids is 1. The number of carbonyl (C=O) groups is 1. The molecule has 13 heavy (non-hydrogen) atoms. The van der Waals surface area contributed by atoms with E-state index in [0.29, 0.717) is 19.3 Å². The van der Waals surface area contributed by atoms with E-state index in [1.54, 1.807) is 0 Å². The Morgan fingerprint density at radius 1 is 1.46 bits per heavy atom. The highest BCUT2D eigenvalue weighted by atomic mass is 19.3. The van der Waals surface area contributed by atoms with Crippen LogP contribution in [0.25, 0.3) is 0 Å². The van der Waals surface area contributed by atoms with Gasteiger partial charge in [-0.05, 0) is 25.2 Å². The summed E-state index contributed by atoms with van der Waals surface area (Å²) in [7, 11) is 1.32. The largest absolute Gasteiger partial charge is 0.469 e. The highest BCUT2D eigenvalue weighted by Crippen LogP contribution is 2.63. The van der Waals surface area contributed by atoms with Gasteiger partial charge in [-0.15, -0.1) is 0 Å². The molecule has 2 bridgehead atoms. The number of rotatable bonds is 2. The number of hydrogen-bond donors (Lipinski definition) is 0. The Morgan fingerprint density at radius 3 is 2.46 bits per heavy atom. The van der Waals surface area contributed by atoms with Crippen molar-refractivity contribution >= 4 is 5.97 Å². The van der Waals surface area contributed by atoms with Crippen LogP contribution in [0.3, 0.4) is 0 Å². The van der Waals surface area contributed by atoms with Crippen molar-refractivity contribution in [3.05, 3.63) is 0 Å². The molecule has 0 saturated heterocycles. The molecule has 4 heteroatoms. The Balaban J connectivity index is 2.07. The third-order valence-corrected chi connectivity index (χ3v) is 3.48. The van der Waals surface area contributed by atoms with Crippen molar-refractivity contribution < 1.29 is 18.3 Å². The molecule has 3 saturated carbocycles. The number of esters is 1. The van der Waals surface area contributed by atoms with Crippen molar-refractivity contribution in [3.63, 3.8) is 0 Å². The fraction of sp³-hybridized carbons (Fsp3) is 0.889. The van der Waals surface area contributed by atoms with E-state index < -0.39 is 17.8 Å². The summed E-state index contributed by atoms with van der Waals surface area (Å²) in [6.07, 6.45) is -0.746. The fourth-order valence-corrected chi connectivity index (χ4v) is 2.79. The smallest absolute Gasteiger partial charge is 0.311 e. The highest BCUT2D eigenvalue weighted by Gasteiger charge is 2.62. The second kappa shape index (κ2) is 2.66. The van der Waals surface area contributed by atoms with E-state index in [4.69, 9.17) is 0 Å². The van der Waals surface area contributed by atoms with Gasteiger partial charge in [-0.2, -0.15) is 0 Å². The van der Waals surface area contributed by atoms with Crippen LogP contribution in [0.4, 0.5) is 8.78 Å². The van der Waals surface area contributed by atoms with E-state index in [1.807, 2.05) is 0 Å². The summed E-state index contributed by atoms with van der Waals surface area (Å²) in [5.41, 5.74) is -0.541. The van der Waals surface area contributed by atoms with Crippen LogP contribution in [0.15, 0.2) is 0 Å². The third-order valence-electron chi connectivity index (χ3n) is 3.48. The molecule has 0 aromatic rings. The van der Waals surface area contributed by atoms with Crippen molar-refractivity contribution in [1.29, 1.82) is 0 Å². The van der Waals surface area contributed by atoms with Gasteiger partial charge in [0.15, 0.2) is 0 Å². The molecule has 1 atom stereocenters. The topological polar surface area (TPSA) is 26.3 Å². The van der Waals surface area contributed by atoms with Crippen LogP contribution in [0.2, 0.25) is 0 Å². The molecule has 0 aromatic heterocycles. The highest BCUT2D eigenvalue weighted by molar-refractivity contribution is 5.78. The molecular formula is C9H12F2O2. The first-order valence-electron chi connectivity index (χ1n) is 4.46. The Labute approximate surface area is 75.3 Å². The number of fused-ring (bicyclic) bond motifs is 1. The number of halogens is 2. The van der Waals surface area contributed by atoms with Gasteiger partial charge in [0.2, 0.25) is 6.43 Å². The third kappa shape index (κ3) is 1.07. The van der Waals surface area contributed by atoms with Crippen molar-refractivity contribution in [1.82, 2.24) is 0 Å². The monoisotopic (exact) mass is 190 g/mol. The van der Waals surface area contributed by atoms with E-state index in [9.17, 15) is 13.6 Å². The van der Waals surface area contributed by atoms with Gasteiger partial charge in [0.05, 0.1) is 12.5 Å². The van der Waals surface area contributed by atoms with E-state index >= 15 is 0 Å². The Kier molecular flexibility index (Phi) is 1.82. The molecule has 3 aliphatic rings. The summed E-state index contributed by atoms with van der Waals surface area (Å²) in [5, 5.41) is 0. The van der Waals surface area contributed by atoms with E-state index in [2.05, 4.69) is 4.74 Å². The molecule has 0 aromatic carbocycles. The lowest BCUT2D eigenvalue weighted by atomic mass is 9.69. The van der Waals surface area contributed by atoms with E-state index in [0.717, 1.165) is 0 Å². The molecule has 0 N–H and O–H groups in total. The summed E-state index contributed by atoms with van der Waals surface area (Å²) in [4.78, 5) is 11.3. The average Bonchev–Trinajstić information content (AvgIpc) is 2.56. The van der Waals surface area contributed by atoms with Crippen LogP contribution in [-0.2, 0) is 9.53 Å². The standard InChI is InChI=1S/C9H12F2O2/c1-13-8(12)9-2-5(3-9)6(4-9)7(10)11/h5-7H,2-4H2,1H3. The van der Waals surface area contributed by atoms with Gasteiger partial charge in [0.25, 0.3) is 0 Å². The summed E-state index contributed by atoms with van der Waals surface area (Å²) >= 11 is 0. The van der Waals surface area contributed by atoms with Crippen LogP contribution in [-0.4, -0.2) is 19.5 Å². The van der Waals surface area contributed by atoms with Gasteiger partial charge >= 0.3 is 5.97 Å². The number of ether oxygens (including phenoxy) is 1. The van der Waals surface area contributed by atoms with Crippen molar-refractivity contribution in [3.8, 4) is 0 Å². The van der Waals surface area contributed by atoms with Crippen LogP contribution in [0.5, 0.6) is 0 Å². The minimum absolute atomic E-state index is 0.0547. The molecule has 1 unspecified atom stereocenters. The summed E-state index contributed by atoms with van der Waals surface area (Å²) in [5.74, 6) is -0.815. The van der Waals surface area contributed by atoms with Crippen LogP contribution in [0, 0.1) is 17.3 Å². The van der Waals surface area contributed by atoms with Gasteiger partial charge in [0, 0.05) is 5.92 Å². The quantitative estimate of drug-likeness (QED) is 0.621. The van der Waals surface area contributed by atoms with Crippen LogP contribution < -0.4 is 0 Å². The number of alkyl halides is 2. The maximum Gasteiger partial charge on any atom is 0.311 e. The molecule has 2 nitrogen and oxygen atoms in total. The maximum absolute atomic E-state index is 12.4. The molecular weight excluding hydrogens is 178 g/mol. The first-order chi connectivity index (χ1) is 6.09. The van der Waals surface area contributed by atoms with Crippen molar-refractivity contribution in [2.24, 2.45) is 17.3 Å². The zero-order chi connectivity index (χ0) is 9.64. The summed E-state index contributed by atoms with van der Waals surface area (Å²) < 4.78 is 29.4. The zero-order valence-electron chi connectivity index (χ0n) is 7.43. The second-order valence-electron chi connectivity index (χ2n) is 4.14. The fourth-order valence-electron chi connectivity index (χ4n) is 2.79. The van der Waals surface area contributed by atoms with Crippen molar-refractivity contribution in [2.75, 3.05) is 7.11 Å². The minimum Gasteiger partial charge on any atom is -0.469 e. The Morgan fingerprint density at radius 2 is 2.08 bits per heavy atom. The van der Waals surface area contributed by atoms with E-state index in [1.165, 1.54) is 7.11 Å². The summed E-state index contributed by atoms with van der Waals surface area (Å²) in [6, 6.07) is 0. The predicted octanol–water partition coefficient (Wildman–Crippen LogP) is 1.84. The first kappa shape index (κ1) is 8.91. The Hall–Kier alpha value is -0.670. The maximum atomic E-state index is 12.4. The normalized spacial score (nSPS) is 41.8. The molecule has 0 spiro atoms. The molecule has 0 aliphatic heterocycles. The minimum atomic E-state index is -2.28. The lowest BCUT2D eigenvalue weighted by Crippen LogP contribution is -2.37. The lowest BCUT2D eigenvalue weighted by molar-refractivity contribution is -0.157. The van der Waals surface area contributed by atoms with Gasteiger partial charge in [0.1, 0.15) is 0 Å². The van der Waals surface area contributed by atoms with Gasteiger partial charge in [-0.3, -0.25) is 4.79 Å². The van der Waals surface area contributed by atoms with Crippen LogP contribution >= 0.6 is 0 Å². The average molecular weight is 190 g/mol. The molecule has 3 fully saturated rings. The number of methoxy groups -OCH3 is 1. The van der Waals surface area contributed by atoms with E-state index in [-0.39, 0.29) is 11.9 Å². The van der Waals surface area contributed by atoms with Gasteiger partial charge in [-0.1, -0.05) is 0 Å². The predicted molar refractivity (Wildman–Crippen MR) is 41.3 cm³/mol. The molecule has 3 aliphatic carbocycles. The molecule has 0 heterocycles. The molecule has 0 radical (unpaired) electrons. The molecule has 74 valence electrons. The first-order valence-corrected chi connectivity index (χ1v) is 4.46. The molecule has 0 amide bonds. The Bertz CT molecular complexity index is 234. The van der Waals surface area contributed by atoms with Crippen LogP contribution in [0.1, 0.15) is 19.3 Å². The zero-order valence-corrected chi connectivity index (χ0v) is 7.43. The lowest BCUT2D eigenvalue weighted by Gasteiger charge is -2.35. The molecule has 3 rings (SSSR count).